The van der Waals surface area contributed by atoms with Crippen molar-refractivity contribution in [2.45, 2.75) is 12.8 Å². The second-order valence-electron chi connectivity index (χ2n) is 6.33. The van der Waals surface area contributed by atoms with Crippen LogP contribution in [-0.4, -0.2) is 42.0 Å². The zero-order valence-corrected chi connectivity index (χ0v) is 15.3. The normalized spacial score (nSPS) is 14.4. The molecule has 0 bridgehead atoms. The molecule has 9 nitrogen and oxygen atoms in total. The third-order valence-electron chi connectivity index (χ3n) is 4.59. The molecular formula is C18H21FN6O3. The topological polar surface area (TPSA) is 122 Å². The van der Waals surface area contributed by atoms with E-state index in [0.717, 1.165) is 0 Å². The molecule has 1 aromatic carbocycles. The predicted molar refractivity (Wildman–Crippen MR) is 101 cm³/mol. The van der Waals surface area contributed by atoms with Crippen molar-refractivity contribution in [3.05, 3.63) is 42.0 Å². The fourth-order valence-electron chi connectivity index (χ4n) is 3.02. The molecule has 0 aliphatic carbocycles. The van der Waals surface area contributed by atoms with Crippen LogP contribution in [0.5, 0.6) is 0 Å². The summed E-state index contributed by atoms with van der Waals surface area (Å²) in [5, 5.41) is 0. The SMILES string of the molecule is COC(=O)C1CCN(c2ncnc(NNC(=O)c3ccc(F)cc3)c2N)CC1. The van der Waals surface area contributed by atoms with Gasteiger partial charge in [0.25, 0.3) is 5.91 Å². The maximum atomic E-state index is 13.0. The van der Waals surface area contributed by atoms with Crippen molar-refractivity contribution in [1.82, 2.24) is 15.4 Å². The van der Waals surface area contributed by atoms with Crippen LogP contribution in [0, 0.1) is 11.7 Å². The highest BCUT2D eigenvalue weighted by Crippen LogP contribution is 2.29. The van der Waals surface area contributed by atoms with Crippen LogP contribution in [0.2, 0.25) is 0 Å². The van der Waals surface area contributed by atoms with E-state index >= 15 is 0 Å². The summed E-state index contributed by atoms with van der Waals surface area (Å²) in [5.41, 5.74) is 11.9. The number of nitrogens with two attached hydrogens (primary N) is 1. The summed E-state index contributed by atoms with van der Waals surface area (Å²) in [6.07, 6.45) is 2.62. The third kappa shape index (κ3) is 4.27. The molecule has 4 N–H and O–H groups in total. The summed E-state index contributed by atoms with van der Waals surface area (Å²) < 4.78 is 17.7. The minimum absolute atomic E-state index is 0.128. The Bertz CT molecular complexity index is 853. The average Bonchev–Trinajstić information content (AvgIpc) is 2.73. The molecule has 1 aliphatic rings. The van der Waals surface area contributed by atoms with Crippen molar-refractivity contribution in [3.63, 3.8) is 0 Å². The van der Waals surface area contributed by atoms with E-state index in [9.17, 15) is 14.0 Å². The number of amides is 1. The lowest BCUT2D eigenvalue weighted by molar-refractivity contribution is -0.146. The lowest BCUT2D eigenvalue weighted by atomic mass is 9.97. The summed E-state index contributed by atoms with van der Waals surface area (Å²) >= 11 is 0. The molecule has 10 heteroatoms. The molecule has 1 fully saturated rings. The number of anilines is 3. The smallest absolute Gasteiger partial charge is 0.308 e. The van der Waals surface area contributed by atoms with Crippen molar-refractivity contribution in [2.24, 2.45) is 5.92 Å². The molecule has 28 heavy (non-hydrogen) atoms. The van der Waals surface area contributed by atoms with Crippen molar-refractivity contribution in [2.75, 3.05) is 36.3 Å². The van der Waals surface area contributed by atoms with Gasteiger partial charge in [0.1, 0.15) is 17.8 Å². The quantitative estimate of drug-likeness (QED) is 0.518. The van der Waals surface area contributed by atoms with Crippen molar-refractivity contribution < 1.29 is 18.7 Å². The molecule has 1 saturated heterocycles. The van der Waals surface area contributed by atoms with E-state index in [4.69, 9.17) is 10.5 Å². The van der Waals surface area contributed by atoms with Gasteiger partial charge in [-0.2, -0.15) is 0 Å². The number of methoxy groups -OCH3 is 1. The second-order valence-corrected chi connectivity index (χ2v) is 6.33. The third-order valence-corrected chi connectivity index (χ3v) is 4.59. The molecule has 0 radical (unpaired) electrons. The molecule has 0 saturated carbocycles. The van der Waals surface area contributed by atoms with Crippen molar-refractivity contribution >= 4 is 29.2 Å². The zero-order chi connectivity index (χ0) is 20.1. The summed E-state index contributed by atoms with van der Waals surface area (Å²) in [7, 11) is 1.38. The number of benzene rings is 1. The van der Waals surface area contributed by atoms with E-state index < -0.39 is 11.7 Å². The van der Waals surface area contributed by atoms with Crippen molar-refractivity contribution in [3.8, 4) is 0 Å². The van der Waals surface area contributed by atoms with Crippen LogP contribution in [0.4, 0.5) is 21.7 Å². The van der Waals surface area contributed by atoms with Crippen LogP contribution in [0.15, 0.2) is 30.6 Å². The molecule has 2 heterocycles. The number of hydrazine groups is 1. The summed E-state index contributed by atoms with van der Waals surface area (Å²) in [6, 6.07) is 5.13. The van der Waals surface area contributed by atoms with E-state index in [2.05, 4.69) is 20.8 Å². The van der Waals surface area contributed by atoms with E-state index in [1.54, 1.807) is 0 Å². The monoisotopic (exact) mass is 388 g/mol. The molecule has 0 spiro atoms. The van der Waals surface area contributed by atoms with Gasteiger partial charge in [-0.1, -0.05) is 0 Å². The highest BCUT2D eigenvalue weighted by Gasteiger charge is 2.27. The Balaban J connectivity index is 1.64. The van der Waals surface area contributed by atoms with Gasteiger partial charge in [0, 0.05) is 18.7 Å². The van der Waals surface area contributed by atoms with Crippen LogP contribution < -0.4 is 21.5 Å². The molecule has 2 aromatic rings. The number of hydrogen-bond donors (Lipinski definition) is 3. The van der Waals surface area contributed by atoms with Gasteiger partial charge in [-0.05, 0) is 37.1 Å². The molecule has 148 valence electrons. The molecule has 1 aliphatic heterocycles. The fourth-order valence-corrected chi connectivity index (χ4v) is 3.02. The van der Waals surface area contributed by atoms with Gasteiger partial charge in [-0.25, -0.2) is 14.4 Å². The van der Waals surface area contributed by atoms with Crippen LogP contribution in [0.25, 0.3) is 0 Å². The van der Waals surface area contributed by atoms with Gasteiger partial charge in [-0.15, -0.1) is 0 Å². The first kappa shape index (κ1) is 19.3. The second kappa shape index (κ2) is 8.51. The standard InChI is InChI=1S/C18H21FN6O3/c1-28-18(27)12-6-8-25(9-7-12)16-14(20)15(21-10-22-16)23-24-17(26)11-2-4-13(19)5-3-11/h2-5,10,12H,6-9,20H2,1H3,(H,24,26)(H,21,22,23). The van der Waals surface area contributed by atoms with Crippen LogP contribution in [0.1, 0.15) is 23.2 Å². The van der Waals surface area contributed by atoms with Gasteiger partial charge in [-0.3, -0.25) is 20.4 Å². The number of halogens is 1. The van der Waals surface area contributed by atoms with Gasteiger partial charge in [0.15, 0.2) is 11.6 Å². The number of rotatable bonds is 5. The highest BCUT2D eigenvalue weighted by molar-refractivity contribution is 5.95. The van der Waals surface area contributed by atoms with Crippen LogP contribution in [0.3, 0.4) is 0 Å². The number of piperidine rings is 1. The molecule has 0 atom stereocenters. The zero-order valence-electron chi connectivity index (χ0n) is 15.3. The van der Waals surface area contributed by atoms with Gasteiger partial charge in [0.05, 0.1) is 13.0 Å². The number of nitrogen functional groups attached to an aromatic ring is 1. The van der Waals surface area contributed by atoms with E-state index in [-0.39, 0.29) is 29.0 Å². The van der Waals surface area contributed by atoms with Crippen molar-refractivity contribution in [1.29, 1.82) is 0 Å². The van der Waals surface area contributed by atoms with Gasteiger partial charge >= 0.3 is 5.97 Å². The summed E-state index contributed by atoms with van der Waals surface area (Å²) in [5.74, 6) is -0.450. The fraction of sp³-hybridized carbons (Fsp3) is 0.333. The molecule has 3 rings (SSSR count). The number of ether oxygens (including phenoxy) is 1. The summed E-state index contributed by atoms with van der Waals surface area (Å²) in [4.78, 5) is 34.0. The molecule has 1 aromatic heterocycles. The Labute approximate surface area is 161 Å². The van der Waals surface area contributed by atoms with Crippen LogP contribution >= 0.6 is 0 Å². The number of aromatic nitrogens is 2. The minimum atomic E-state index is -0.460. The minimum Gasteiger partial charge on any atom is -0.469 e. The molecule has 0 unspecified atom stereocenters. The lowest BCUT2D eigenvalue weighted by Crippen LogP contribution is -2.38. The lowest BCUT2D eigenvalue weighted by Gasteiger charge is -2.32. The Morgan fingerprint density at radius 1 is 1.21 bits per heavy atom. The number of esters is 1. The first-order chi connectivity index (χ1) is 13.5. The maximum absolute atomic E-state index is 13.0. The van der Waals surface area contributed by atoms with Gasteiger partial charge < -0.3 is 15.4 Å². The first-order valence-electron chi connectivity index (χ1n) is 8.74. The summed E-state index contributed by atoms with van der Waals surface area (Å²) in [6.45, 7) is 1.20. The van der Waals surface area contributed by atoms with Crippen LogP contribution in [-0.2, 0) is 9.53 Å². The Hall–Kier alpha value is -3.43. The first-order valence-corrected chi connectivity index (χ1v) is 8.74. The number of carbonyl (C=O) groups is 2. The number of hydrogen-bond acceptors (Lipinski definition) is 8. The Morgan fingerprint density at radius 2 is 1.89 bits per heavy atom. The van der Waals surface area contributed by atoms with Gasteiger partial charge in [0.2, 0.25) is 0 Å². The van der Waals surface area contributed by atoms with E-state index in [0.29, 0.717) is 31.7 Å². The average molecular weight is 388 g/mol. The Morgan fingerprint density at radius 3 is 2.54 bits per heavy atom. The number of nitrogens with zero attached hydrogens (tertiary/aromatic N) is 3. The predicted octanol–water partition coefficient (Wildman–Crippen LogP) is 1.34. The van der Waals surface area contributed by atoms with E-state index in [1.165, 1.54) is 37.7 Å². The Kier molecular flexibility index (Phi) is 5.87. The van der Waals surface area contributed by atoms with E-state index in [1.807, 2.05) is 4.90 Å². The maximum Gasteiger partial charge on any atom is 0.308 e. The number of carbonyl (C=O) groups excluding carboxylic acids is 2. The molecule has 1 amide bonds. The molecular weight excluding hydrogens is 367 g/mol. The highest BCUT2D eigenvalue weighted by atomic mass is 19.1. The largest absolute Gasteiger partial charge is 0.469 e. The number of nitrogens with one attached hydrogen (secondary N) is 2.